The number of hydrogen-bond acceptors (Lipinski definition) is 8. The summed E-state index contributed by atoms with van der Waals surface area (Å²) in [6.45, 7) is 6.34. The van der Waals surface area contributed by atoms with Gasteiger partial charge in [0.25, 0.3) is 5.91 Å². The average molecular weight is 670 g/mol. The molecular formula is C34H40FN3O8S. The van der Waals surface area contributed by atoms with Gasteiger partial charge in [-0.05, 0) is 63.1 Å². The standard InChI is InChI=1S/C34H40FN3O8S/c1-23(30(39)37(5)6)44-31(40)29(36-32(41)46-33(2,3)4)19-24-12-10-17-28(18-24)47(42,43)38-21-34(22-38,25-13-8-7-9-14-25)45-27-16-11-15-26(35)20-27/h7-18,20,23,29H,19,21-22H2,1-6H3,(H,36,41)/t23-,29-/m0/s1. The minimum atomic E-state index is -4.05. The molecule has 1 fully saturated rings. The molecule has 0 aromatic heterocycles. The van der Waals surface area contributed by atoms with Crippen LogP contribution in [0, 0.1) is 5.82 Å². The van der Waals surface area contributed by atoms with Crippen molar-refractivity contribution in [2.24, 2.45) is 0 Å². The maximum atomic E-state index is 13.9. The topological polar surface area (TPSA) is 132 Å². The van der Waals surface area contributed by atoms with Gasteiger partial charge in [-0.25, -0.2) is 22.4 Å². The fraction of sp³-hybridized carbons (Fsp3) is 0.382. The lowest BCUT2D eigenvalue weighted by Crippen LogP contribution is -2.64. The zero-order valence-electron chi connectivity index (χ0n) is 27.2. The second-order valence-corrected chi connectivity index (χ2v) is 14.5. The van der Waals surface area contributed by atoms with Crippen molar-refractivity contribution in [1.82, 2.24) is 14.5 Å². The number of carbonyl (C=O) groups excluding carboxylic acids is 3. The third kappa shape index (κ3) is 8.86. The van der Waals surface area contributed by atoms with Crippen LogP contribution in [0.4, 0.5) is 9.18 Å². The first-order valence-corrected chi connectivity index (χ1v) is 16.4. The zero-order valence-corrected chi connectivity index (χ0v) is 28.0. The summed E-state index contributed by atoms with van der Waals surface area (Å²) in [6.07, 6.45) is -2.16. The van der Waals surface area contributed by atoms with Crippen LogP contribution in [0.2, 0.25) is 0 Å². The summed E-state index contributed by atoms with van der Waals surface area (Å²) in [7, 11) is -1.01. The molecule has 0 unspecified atom stereocenters. The molecule has 11 nitrogen and oxygen atoms in total. The van der Waals surface area contributed by atoms with E-state index in [1.54, 1.807) is 32.9 Å². The summed E-state index contributed by atoms with van der Waals surface area (Å²) in [4.78, 5) is 39.4. The van der Waals surface area contributed by atoms with E-state index >= 15 is 0 Å². The van der Waals surface area contributed by atoms with Crippen molar-refractivity contribution in [3.63, 3.8) is 0 Å². The van der Waals surface area contributed by atoms with Gasteiger partial charge in [-0.1, -0.05) is 48.5 Å². The molecule has 4 rings (SSSR count). The Morgan fingerprint density at radius 1 is 0.979 bits per heavy atom. The number of alkyl carbamates (subject to hydrolysis) is 1. The van der Waals surface area contributed by atoms with Crippen LogP contribution >= 0.6 is 0 Å². The third-order valence-corrected chi connectivity index (χ3v) is 9.09. The Morgan fingerprint density at radius 2 is 1.64 bits per heavy atom. The van der Waals surface area contributed by atoms with Gasteiger partial charge in [-0.2, -0.15) is 4.31 Å². The van der Waals surface area contributed by atoms with E-state index in [1.807, 2.05) is 30.3 Å². The number of nitrogens with one attached hydrogen (secondary N) is 1. The Bertz CT molecular complexity index is 1700. The second-order valence-electron chi connectivity index (χ2n) is 12.6. The van der Waals surface area contributed by atoms with Gasteiger partial charge in [0.15, 0.2) is 11.7 Å². The highest BCUT2D eigenvalue weighted by Gasteiger charge is 2.52. The molecule has 3 aromatic carbocycles. The lowest BCUT2D eigenvalue weighted by atomic mass is 9.87. The number of carbonyl (C=O) groups is 3. The molecule has 1 aliphatic heterocycles. The molecule has 0 saturated carbocycles. The minimum absolute atomic E-state index is 0.0347. The van der Waals surface area contributed by atoms with E-state index in [0.717, 1.165) is 5.56 Å². The molecule has 1 aliphatic rings. The summed E-state index contributed by atoms with van der Waals surface area (Å²) in [5, 5.41) is 2.49. The summed E-state index contributed by atoms with van der Waals surface area (Å²) < 4.78 is 59.7. The Balaban J connectivity index is 1.56. The molecule has 47 heavy (non-hydrogen) atoms. The minimum Gasteiger partial charge on any atom is -0.480 e. The first-order valence-electron chi connectivity index (χ1n) is 15.0. The van der Waals surface area contributed by atoms with Gasteiger partial charge in [0, 0.05) is 26.6 Å². The van der Waals surface area contributed by atoms with Crippen molar-refractivity contribution in [2.75, 3.05) is 27.2 Å². The molecule has 2 amide bonds. The predicted octanol–water partition coefficient (Wildman–Crippen LogP) is 4.26. The Hall–Kier alpha value is -4.49. The number of rotatable bonds is 11. The largest absolute Gasteiger partial charge is 0.480 e. The van der Waals surface area contributed by atoms with Crippen molar-refractivity contribution in [3.8, 4) is 5.75 Å². The molecule has 1 N–H and O–H groups in total. The van der Waals surface area contributed by atoms with E-state index in [-0.39, 0.29) is 30.2 Å². The third-order valence-electron chi connectivity index (χ3n) is 7.31. The first kappa shape index (κ1) is 35.4. The van der Waals surface area contributed by atoms with Crippen LogP contribution in [0.1, 0.15) is 38.8 Å². The number of hydrogen-bond donors (Lipinski definition) is 1. The molecule has 0 spiro atoms. The van der Waals surface area contributed by atoms with Gasteiger partial charge >= 0.3 is 12.1 Å². The van der Waals surface area contributed by atoms with E-state index in [4.69, 9.17) is 14.2 Å². The predicted molar refractivity (Wildman–Crippen MR) is 171 cm³/mol. The number of amides is 2. The van der Waals surface area contributed by atoms with Crippen LogP contribution in [-0.2, 0) is 41.1 Å². The molecule has 3 aromatic rings. The van der Waals surface area contributed by atoms with Crippen molar-refractivity contribution in [2.45, 2.75) is 62.4 Å². The maximum absolute atomic E-state index is 13.9. The number of benzene rings is 3. The number of esters is 1. The number of halogens is 1. The summed E-state index contributed by atoms with van der Waals surface area (Å²) in [6, 6.07) is 19.5. The quantitative estimate of drug-likeness (QED) is 0.300. The normalized spacial score (nSPS) is 15.8. The molecule has 1 saturated heterocycles. The molecule has 0 aliphatic carbocycles. The Kier molecular flexibility index (Phi) is 10.6. The van der Waals surface area contributed by atoms with E-state index in [9.17, 15) is 27.2 Å². The summed E-state index contributed by atoms with van der Waals surface area (Å²) in [5.74, 6) is -1.56. The highest BCUT2D eigenvalue weighted by Crippen LogP contribution is 2.40. The SMILES string of the molecule is C[C@H](OC(=O)[C@H](Cc1cccc(S(=O)(=O)N2CC(Oc3cccc(F)c3)(c3ccccc3)C2)c1)NC(=O)OC(C)(C)C)C(=O)N(C)C. The average Bonchev–Trinajstić information content (AvgIpc) is 2.97. The lowest BCUT2D eigenvalue weighted by Gasteiger charge is -2.48. The van der Waals surface area contributed by atoms with E-state index in [2.05, 4.69) is 5.32 Å². The molecule has 13 heteroatoms. The maximum Gasteiger partial charge on any atom is 0.408 e. The first-order chi connectivity index (χ1) is 22.0. The number of nitrogens with zero attached hydrogens (tertiary/aromatic N) is 2. The molecule has 2 atom stereocenters. The van der Waals surface area contributed by atoms with E-state index < -0.39 is 57.2 Å². The van der Waals surface area contributed by atoms with Crippen molar-refractivity contribution >= 4 is 28.0 Å². The Morgan fingerprint density at radius 3 is 2.26 bits per heavy atom. The zero-order chi connectivity index (χ0) is 34.6. The number of sulfonamides is 1. The fourth-order valence-corrected chi connectivity index (χ4v) is 6.63. The van der Waals surface area contributed by atoms with Crippen molar-refractivity contribution in [3.05, 3.63) is 95.8 Å². The molecule has 1 heterocycles. The van der Waals surface area contributed by atoms with Crippen LogP contribution < -0.4 is 10.1 Å². The molecule has 0 bridgehead atoms. The van der Waals surface area contributed by atoms with Gasteiger partial charge in [0.2, 0.25) is 10.0 Å². The lowest BCUT2D eigenvalue weighted by molar-refractivity contribution is -0.159. The van der Waals surface area contributed by atoms with E-state index in [1.165, 1.54) is 66.6 Å². The number of likely N-dealkylation sites (N-methyl/N-ethyl adjacent to an activating group) is 1. The summed E-state index contributed by atoms with van der Waals surface area (Å²) >= 11 is 0. The van der Waals surface area contributed by atoms with Gasteiger partial charge in [0.1, 0.15) is 23.2 Å². The summed E-state index contributed by atoms with van der Waals surface area (Å²) in [5.41, 5.74) is -0.764. The van der Waals surface area contributed by atoms with Crippen LogP contribution in [0.5, 0.6) is 5.75 Å². The molecule has 252 valence electrons. The number of ether oxygens (including phenoxy) is 3. The van der Waals surface area contributed by atoms with Gasteiger partial charge < -0.3 is 24.4 Å². The highest BCUT2D eigenvalue weighted by molar-refractivity contribution is 7.89. The monoisotopic (exact) mass is 669 g/mol. The Labute approximate surface area is 274 Å². The molecule has 0 radical (unpaired) electrons. The highest BCUT2D eigenvalue weighted by atomic mass is 32.2. The molecular weight excluding hydrogens is 629 g/mol. The van der Waals surface area contributed by atoms with Gasteiger partial charge in [-0.15, -0.1) is 0 Å². The van der Waals surface area contributed by atoms with Crippen LogP contribution in [0.15, 0.2) is 83.8 Å². The second kappa shape index (κ2) is 14.1. The van der Waals surface area contributed by atoms with Crippen LogP contribution in [-0.4, -0.2) is 80.5 Å². The smallest absolute Gasteiger partial charge is 0.408 e. The fourth-order valence-electron chi connectivity index (χ4n) is 5.03. The van der Waals surface area contributed by atoms with Gasteiger partial charge in [0.05, 0.1) is 18.0 Å². The van der Waals surface area contributed by atoms with Crippen molar-refractivity contribution < 1.29 is 41.4 Å². The van der Waals surface area contributed by atoms with Crippen molar-refractivity contribution in [1.29, 1.82) is 0 Å². The van der Waals surface area contributed by atoms with E-state index in [0.29, 0.717) is 5.56 Å². The van der Waals surface area contributed by atoms with Crippen LogP contribution in [0.25, 0.3) is 0 Å². The van der Waals surface area contributed by atoms with Crippen LogP contribution in [0.3, 0.4) is 0 Å². The van der Waals surface area contributed by atoms with Gasteiger partial charge in [-0.3, -0.25) is 4.79 Å².